The molecule has 2 N–H and O–H groups in total. The average Bonchev–Trinajstić information content (AvgIpc) is 2.60. The third kappa shape index (κ3) is 1.92. The fraction of sp³-hybridized carbons (Fsp3) is 0.400. The van der Waals surface area contributed by atoms with Gasteiger partial charge in [0.1, 0.15) is 5.82 Å². The van der Waals surface area contributed by atoms with E-state index in [-0.39, 0.29) is 23.9 Å². The average molecular weight is 208 g/mol. The second kappa shape index (κ2) is 3.86. The smallest absolute Gasteiger partial charge is 0.228 e. The third-order valence-corrected chi connectivity index (χ3v) is 2.51. The van der Waals surface area contributed by atoms with Gasteiger partial charge >= 0.3 is 0 Å². The summed E-state index contributed by atoms with van der Waals surface area (Å²) in [4.78, 5) is 27.0. The van der Waals surface area contributed by atoms with E-state index < -0.39 is 0 Å². The minimum absolute atomic E-state index is 0.000689. The van der Waals surface area contributed by atoms with Gasteiger partial charge in [-0.2, -0.15) is 0 Å². The highest BCUT2D eigenvalue weighted by molar-refractivity contribution is 5.94. The van der Waals surface area contributed by atoms with Crippen LogP contribution in [0.15, 0.2) is 23.1 Å². The zero-order valence-corrected chi connectivity index (χ0v) is 8.14. The summed E-state index contributed by atoms with van der Waals surface area (Å²) in [5.41, 5.74) is -0.135. The van der Waals surface area contributed by atoms with Gasteiger partial charge in [0.2, 0.25) is 5.91 Å². The third-order valence-electron chi connectivity index (χ3n) is 2.51. The van der Waals surface area contributed by atoms with Crippen molar-refractivity contribution < 1.29 is 9.90 Å². The molecule has 1 aliphatic rings. The summed E-state index contributed by atoms with van der Waals surface area (Å²) >= 11 is 0. The van der Waals surface area contributed by atoms with E-state index in [1.54, 1.807) is 0 Å². The van der Waals surface area contributed by atoms with Crippen molar-refractivity contribution >= 4 is 11.7 Å². The van der Waals surface area contributed by atoms with Crippen molar-refractivity contribution in [1.29, 1.82) is 0 Å². The molecule has 1 aliphatic heterocycles. The number of amides is 1. The summed E-state index contributed by atoms with van der Waals surface area (Å²) in [6.07, 6.45) is 1.85. The number of aliphatic hydroxyl groups excluding tert-OH is 1. The number of nitrogens with zero attached hydrogens (tertiary/aromatic N) is 1. The molecule has 1 saturated heterocycles. The maximum Gasteiger partial charge on any atom is 0.228 e. The van der Waals surface area contributed by atoms with Crippen LogP contribution >= 0.6 is 0 Å². The van der Waals surface area contributed by atoms with Crippen LogP contribution in [0, 0.1) is 5.92 Å². The summed E-state index contributed by atoms with van der Waals surface area (Å²) in [6, 6.07) is 2.78. The van der Waals surface area contributed by atoms with Crippen molar-refractivity contribution in [2.24, 2.45) is 5.92 Å². The molecule has 1 amide bonds. The van der Waals surface area contributed by atoms with Crippen molar-refractivity contribution in [2.75, 3.05) is 18.1 Å². The molecule has 1 fully saturated rings. The number of hydrogen-bond acceptors (Lipinski definition) is 3. The van der Waals surface area contributed by atoms with Crippen LogP contribution in [0.3, 0.4) is 0 Å². The van der Waals surface area contributed by atoms with Crippen LogP contribution in [-0.4, -0.2) is 29.1 Å². The Morgan fingerprint density at radius 3 is 2.93 bits per heavy atom. The van der Waals surface area contributed by atoms with Crippen LogP contribution in [0.25, 0.3) is 0 Å². The molecule has 80 valence electrons. The zero-order valence-electron chi connectivity index (χ0n) is 8.14. The maximum atomic E-state index is 11.5. The van der Waals surface area contributed by atoms with Gasteiger partial charge in [0.15, 0.2) is 5.43 Å². The Labute approximate surface area is 86.3 Å². The molecule has 0 bridgehead atoms. The number of aliphatic hydroxyl groups is 1. The van der Waals surface area contributed by atoms with Gasteiger partial charge in [-0.05, 0) is 0 Å². The first-order valence-corrected chi connectivity index (χ1v) is 4.80. The van der Waals surface area contributed by atoms with Crippen LogP contribution in [0.4, 0.5) is 5.82 Å². The number of rotatable bonds is 2. The Bertz CT molecular complexity index is 427. The SMILES string of the molecule is O=C1CC(CO)CN1c1cc(=O)cc[nH]1. The van der Waals surface area contributed by atoms with E-state index in [9.17, 15) is 9.59 Å². The van der Waals surface area contributed by atoms with Crippen LogP contribution in [-0.2, 0) is 4.79 Å². The molecular weight excluding hydrogens is 196 g/mol. The Morgan fingerprint density at radius 2 is 2.33 bits per heavy atom. The normalized spacial score (nSPS) is 21.0. The van der Waals surface area contributed by atoms with Gasteiger partial charge in [0, 0.05) is 43.8 Å². The Kier molecular flexibility index (Phi) is 2.55. The molecule has 2 rings (SSSR count). The summed E-state index contributed by atoms with van der Waals surface area (Å²) < 4.78 is 0. The van der Waals surface area contributed by atoms with Gasteiger partial charge in [0.25, 0.3) is 0 Å². The standard InChI is InChI=1S/C10H12N2O3/c13-6-7-3-10(15)12(5-7)9-4-8(14)1-2-11-9/h1-2,4,7,13H,3,5-6H2,(H,11,14). The molecule has 0 aliphatic carbocycles. The predicted octanol–water partition coefficient (Wildman–Crippen LogP) is -0.280. The second-order valence-electron chi connectivity index (χ2n) is 3.67. The Hall–Kier alpha value is -1.62. The highest BCUT2D eigenvalue weighted by Crippen LogP contribution is 2.21. The molecule has 1 aromatic heterocycles. The molecule has 1 unspecified atom stereocenters. The number of nitrogens with one attached hydrogen (secondary N) is 1. The number of pyridine rings is 1. The summed E-state index contributed by atoms with van der Waals surface area (Å²) in [7, 11) is 0. The molecule has 1 atom stereocenters. The van der Waals surface area contributed by atoms with Gasteiger partial charge in [-0.15, -0.1) is 0 Å². The number of carbonyl (C=O) groups is 1. The number of anilines is 1. The largest absolute Gasteiger partial charge is 0.396 e. The molecule has 1 aromatic rings. The zero-order chi connectivity index (χ0) is 10.8. The Morgan fingerprint density at radius 1 is 1.53 bits per heavy atom. The maximum absolute atomic E-state index is 11.5. The van der Waals surface area contributed by atoms with E-state index in [0.29, 0.717) is 18.8 Å². The molecule has 0 spiro atoms. The van der Waals surface area contributed by atoms with Gasteiger partial charge in [-0.25, -0.2) is 0 Å². The van der Waals surface area contributed by atoms with Gasteiger partial charge in [-0.3, -0.25) is 14.5 Å². The topological polar surface area (TPSA) is 73.4 Å². The lowest BCUT2D eigenvalue weighted by Gasteiger charge is -2.15. The first kappa shape index (κ1) is 9.92. The van der Waals surface area contributed by atoms with Gasteiger partial charge < -0.3 is 10.1 Å². The lowest BCUT2D eigenvalue weighted by molar-refractivity contribution is -0.117. The highest BCUT2D eigenvalue weighted by atomic mass is 16.3. The highest BCUT2D eigenvalue weighted by Gasteiger charge is 2.30. The van der Waals surface area contributed by atoms with E-state index in [0.717, 1.165) is 0 Å². The molecule has 0 saturated carbocycles. The lowest BCUT2D eigenvalue weighted by Crippen LogP contribution is -2.26. The van der Waals surface area contributed by atoms with Crippen molar-refractivity contribution in [3.05, 3.63) is 28.6 Å². The van der Waals surface area contributed by atoms with Crippen LogP contribution < -0.4 is 10.3 Å². The van der Waals surface area contributed by atoms with Crippen LogP contribution in [0.5, 0.6) is 0 Å². The van der Waals surface area contributed by atoms with Crippen molar-refractivity contribution in [2.45, 2.75) is 6.42 Å². The number of carbonyl (C=O) groups excluding carboxylic acids is 1. The van der Waals surface area contributed by atoms with Crippen molar-refractivity contribution in [3.63, 3.8) is 0 Å². The van der Waals surface area contributed by atoms with E-state index in [4.69, 9.17) is 5.11 Å². The summed E-state index contributed by atoms with van der Waals surface area (Å²) in [6.45, 7) is 0.467. The number of hydrogen-bond donors (Lipinski definition) is 2. The fourth-order valence-corrected chi connectivity index (χ4v) is 1.73. The molecule has 0 radical (unpaired) electrons. The molecule has 15 heavy (non-hydrogen) atoms. The quantitative estimate of drug-likeness (QED) is 0.702. The molecule has 5 heteroatoms. The monoisotopic (exact) mass is 208 g/mol. The first-order chi connectivity index (χ1) is 7.20. The van der Waals surface area contributed by atoms with E-state index >= 15 is 0 Å². The van der Waals surface area contributed by atoms with Gasteiger partial charge in [-0.1, -0.05) is 0 Å². The number of H-pyrrole nitrogens is 1. The van der Waals surface area contributed by atoms with Crippen molar-refractivity contribution in [3.8, 4) is 0 Å². The number of aromatic amines is 1. The summed E-state index contributed by atoms with van der Waals surface area (Å²) in [5.74, 6) is 0.417. The molecular formula is C10H12N2O3. The predicted molar refractivity (Wildman–Crippen MR) is 54.6 cm³/mol. The first-order valence-electron chi connectivity index (χ1n) is 4.80. The van der Waals surface area contributed by atoms with Crippen LogP contribution in [0.1, 0.15) is 6.42 Å². The number of aromatic nitrogens is 1. The molecule has 2 heterocycles. The van der Waals surface area contributed by atoms with Crippen LogP contribution in [0.2, 0.25) is 0 Å². The Balaban J connectivity index is 2.25. The minimum atomic E-state index is -0.135. The van der Waals surface area contributed by atoms with Crippen molar-refractivity contribution in [1.82, 2.24) is 4.98 Å². The fourth-order valence-electron chi connectivity index (χ4n) is 1.73. The van der Waals surface area contributed by atoms with Gasteiger partial charge in [0.05, 0.1) is 0 Å². The summed E-state index contributed by atoms with van der Waals surface area (Å²) in [5, 5.41) is 8.95. The minimum Gasteiger partial charge on any atom is -0.396 e. The van der Waals surface area contributed by atoms with E-state index in [2.05, 4.69) is 4.98 Å². The second-order valence-corrected chi connectivity index (χ2v) is 3.67. The lowest BCUT2D eigenvalue weighted by atomic mass is 10.1. The van der Waals surface area contributed by atoms with E-state index in [1.807, 2.05) is 0 Å². The molecule has 5 nitrogen and oxygen atoms in total. The van der Waals surface area contributed by atoms with E-state index in [1.165, 1.54) is 23.2 Å². The molecule has 0 aromatic carbocycles.